The molecule has 1 aliphatic carbocycles. The number of carboxylic acids is 1. The summed E-state index contributed by atoms with van der Waals surface area (Å²) in [5, 5.41) is 13.3. The van der Waals surface area contributed by atoms with Crippen LogP contribution in [0.5, 0.6) is 0 Å². The minimum Gasteiger partial charge on any atom is -0.481 e. The molecule has 2 aromatic rings. The summed E-state index contributed by atoms with van der Waals surface area (Å²) in [6, 6.07) is 6.34. The molecule has 0 unspecified atom stereocenters. The molecular formula is C20H26N2O3. The zero-order valence-corrected chi connectivity index (χ0v) is 14.7. The van der Waals surface area contributed by atoms with Crippen molar-refractivity contribution in [3.05, 3.63) is 35.5 Å². The summed E-state index contributed by atoms with van der Waals surface area (Å²) in [7, 11) is 0. The fraction of sp³-hybridized carbons (Fsp3) is 0.500. The summed E-state index contributed by atoms with van der Waals surface area (Å²) in [4.78, 5) is 26.6. The third kappa shape index (κ3) is 3.86. The molecule has 1 amide bonds. The van der Waals surface area contributed by atoms with E-state index in [1.807, 2.05) is 6.20 Å². The van der Waals surface area contributed by atoms with Crippen molar-refractivity contribution >= 4 is 22.8 Å². The number of hydrogen-bond acceptors (Lipinski definition) is 2. The van der Waals surface area contributed by atoms with Crippen LogP contribution in [0.4, 0.5) is 0 Å². The Bertz CT molecular complexity index is 757. The summed E-state index contributed by atoms with van der Waals surface area (Å²) < 4.78 is 0. The van der Waals surface area contributed by atoms with Gasteiger partial charge in [0.15, 0.2) is 0 Å². The van der Waals surface area contributed by atoms with Gasteiger partial charge in [0.05, 0.1) is 5.92 Å². The van der Waals surface area contributed by atoms with E-state index < -0.39 is 5.97 Å². The number of aliphatic carboxylic acids is 1. The van der Waals surface area contributed by atoms with E-state index in [0.717, 1.165) is 12.8 Å². The molecule has 1 aliphatic rings. The molecule has 1 saturated carbocycles. The van der Waals surface area contributed by atoms with Crippen LogP contribution in [0, 0.1) is 11.8 Å². The molecular weight excluding hydrogens is 316 g/mol. The van der Waals surface area contributed by atoms with Crippen LogP contribution in [-0.4, -0.2) is 28.5 Å². The highest BCUT2D eigenvalue weighted by Crippen LogP contribution is 2.29. The lowest BCUT2D eigenvalue weighted by Gasteiger charge is -2.25. The van der Waals surface area contributed by atoms with Gasteiger partial charge in [-0.1, -0.05) is 25.1 Å². The Kier molecular flexibility index (Phi) is 5.41. The third-order valence-electron chi connectivity index (χ3n) is 5.41. The monoisotopic (exact) mass is 342 g/mol. The van der Waals surface area contributed by atoms with Crippen LogP contribution >= 0.6 is 0 Å². The minimum absolute atomic E-state index is 0.0368. The van der Waals surface area contributed by atoms with Gasteiger partial charge in [0.2, 0.25) is 5.91 Å². The minimum atomic E-state index is -0.732. The Morgan fingerprint density at radius 2 is 1.88 bits per heavy atom. The van der Waals surface area contributed by atoms with Crippen LogP contribution < -0.4 is 5.32 Å². The highest BCUT2D eigenvalue weighted by atomic mass is 16.4. The maximum Gasteiger partial charge on any atom is 0.306 e. The number of aromatic nitrogens is 1. The predicted molar refractivity (Wildman–Crippen MR) is 97.5 cm³/mol. The molecule has 0 atom stereocenters. The van der Waals surface area contributed by atoms with Crippen LogP contribution in [0.15, 0.2) is 24.4 Å². The number of aryl methyl sites for hydroxylation is 1. The van der Waals surface area contributed by atoms with E-state index in [1.165, 1.54) is 22.0 Å². The van der Waals surface area contributed by atoms with Gasteiger partial charge >= 0.3 is 5.97 Å². The van der Waals surface area contributed by atoms with Gasteiger partial charge in [-0.2, -0.15) is 0 Å². The lowest BCUT2D eigenvalue weighted by atomic mass is 9.81. The van der Waals surface area contributed by atoms with E-state index >= 15 is 0 Å². The second kappa shape index (κ2) is 7.72. The number of hydrogen-bond donors (Lipinski definition) is 3. The van der Waals surface area contributed by atoms with Crippen LogP contribution in [0.2, 0.25) is 0 Å². The second-order valence-electron chi connectivity index (χ2n) is 6.93. The summed E-state index contributed by atoms with van der Waals surface area (Å²) in [5.41, 5.74) is 3.72. The molecule has 1 heterocycles. The molecule has 134 valence electrons. The lowest BCUT2D eigenvalue weighted by molar-refractivity contribution is -0.144. The average molecular weight is 342 g/mol. The molecule has 1 fully saturated rings. The number of para-hydroxylation sites is 1. The first-order valence-corrected chi connectivity index (χ1v) is 9.18. The van der Waals surface area contributed by atoms with E-state index in [9.17, 15) is 9.59 Å². The van der Waals surface area contributed by atoms with Crippen LogP contribution in [0.3, 0.4) is 0 Å². The predicted octanol–water partition coefficient (Wildman–Crippen LogP) is 3.28. The van der Waals surface area contributed by atoms with Gasteiger partial charge in [0, 0.05) is 29.6 Å². The Hall–Kier alpha value is -2.30. The van der Waals surface area contributed by atoms with Crippen molar-refractivity contribution in [2.45, 2.75) is 45.4 Å². The van der Waals surface area contributed by atoms with Crippen molar-refractivity contribution in [1.29, 1.82) is 0 Å². The van der Waals surface area contributed by atoms with E-state index in [2.05, 4.69) is 35.4 Å². The summed E-state index contributed by atoms with van der Waals surface area (Å²) in [6.07, 6.45) is 6.39. The van der Waals surface area contributed by atoms with Gasteiger partial charge in [0.1, 0.15) is 0 Å². The molecule has 1 aromatic heterocycles. The first kappa shape index (κ1) is 17.5. The van der Waals surface area contributed by atoms with Gasteiger partial charge in [-0.05, 0) is 49.7 Å². The maximum absolute atomic E-state index is 12.3. The van der Waals surface area contributed by atoms with Crippen LogP contribution in [0.25, 0.3) is 10.9 Å². The number of fused-ring (bicyclic) bond motifs is 1. The van der Waals surface area contributed by atoms with Crippen molar-refractivity contribution in [3.63, 3.8) is 0 Å². The summed E-state index contributed by atoms with van der Waals surface area (Å²) in [6.45, 7) is 2.76. The number of H-pyrrole nitrogens is 1. The Morgan fingerprint density at radius 3 is 2.56 bits per heavy atom. The average Bonchev–Trinajstić information content (AvgIpc) is 3.05. The first-order chi connectivity index (χ1) is 12.1. The molecule has 3 N–H and O–H groups in total. The molecule has 0 saturated heterocycles. The fourth-order valence-corrected chi connectivity index (χ4v) is 3.84. The second-order valence-corrected chi connectivity index (χ2v) is 6.93. The topological polar surface area (TPSA) is 82.2 Å². The largest absolute Gasteiger partial charge is 0.481 e. The third-order valence-corrected chi connectivity index (χ3v) is 5.41. The smallest absolute Gasteiger partial charge is 0.306 e. The summed E-state index contributed by atoms with van der Waals surface area (Å²) in [5.74, 6) is -0.976. The maximum atomic E-state index is 12.3. The van der Waals surface area contributed by atoms with E-state index in [4.69, 9.17) is 5.11 Å². The molecule has 0 spiro atoms. The Balaban J connectivity index is 1.52. The van der Waals surface area contributed by atoms with Crippen molar-refractivity contribution in [2.24, 2.45) is 11.8 Å². The number of amides is 1. The van der Waals surface area contributed by atoms with Gasteiger partial charge in [0.25, 0.3) is 0 Å². The zero-order chi connectivity index (χ0) is 17.8. The van der Waals surface area contributed by atoms with Crippen molar-refractivity contribution in [1.82, 2.24) is 10.3 Å². The summed E-state index contributed by atoms with van der Waals surface area (Å²) >= 11 is 0. The van der Waals surface area contributed by atoms with Crippen LogP contribution in [0.1, 0.15) is 43.7 Å². The lowest BCUT2D eigenvalue weighted by Crippen LogP contribution is -2.35. The standard InChI is InChI=1S/C20H26N2O3/c1-2-13-4-3-5-17-16(12-22-18(13)17)10-11-21-19(23)14-6-8-15(9-7-14)20(24)25/h3-5,12,14-15,22H,2,6-11H2,1H3,(H,21,23)(H,24,25). The quantitative estimate of drug-likeness (QED) is 0.753. The van der Waals surface area contributed by atoms with Crippen LogP contribution in [-0.2, 0) is 22.4 Å². The van der Waals surface area contributed by atoms with Crippen molar-refractivity contribution < 1.29 is 14.7 Å². The number of rotatable bonds is 6. The first-order valence-electron chi connectivity index (χ1n) is 9.18. The number of nitrogens with one attached hydrogen (secondary N) is 2. The number of carbonyl (C=O) groups is 2. The van der Waals surface area contributed by atoms with Gasteiger partial charge in [-0.15, -0.1) is 0 Å². The molecule has 0 radical (unpaired) electrons. The molecule has 0 aliphatic heterocycles. The molecule has 5 heteroatoms. The Labute approximate surface area is 147 Å². The van der Waals surface area contributed by atoms with Crippen molar-refractivity contribution in [3.8, 4) is 0 Å². The van der Waals surface area contributed by atoms with Crippen molar-refractivity contribution in [2.75, 3.05) is 6.54 Å². The molecule has 25 heavy (non-hydrogen) atoms. The molecule has 5 nitrogen and oxygen atoms in total. The molecule has 3 rings (SSSR count). The highest BCUT2D eigenvalue weighted by Gasteiger charge is 2.29. The van der Waals surface area contributed by atoms with Gasteiger partial charge in [-0.3, -0.25) is 9.59 Å². The normalized spacial score (nSPS) is 20.5. The van der Waals surface area contributed by atoms with E-state index in [1.54, 1.807) is 0 Å². The zero-order valence-electron chi connectivity index (χ0n) is 14.7. The van der Waals surface area contributed by atoms with Gasteiger partial charge < -0.3 is 15.4 Å². The molecule has 1 aromatic carbocycles. The number of carbonyl (C=O) groups excluding carboxylic acids is 1. The number of carboxylic acid groups (broad SMARTS) is 1. The molecule has 0 bridgehead atoms. The fourth-order valence-electron chi connectivity index (χ4n) is 3.84. The number of benzene rings is 1. The van der Waals surface area contributed by atoms with Gasteiger partial charge in [-0.25, -0.2) is 0 Å². The number of aromatic amines is 1. The van der Waals surface area contributed by atoms with E-state index in [0.29, 0.717) is 32.2 Å². The van der Waals surface area contributed by atoms with E-state index in [-0.39, 0.29) is 17.7 Å². The highest BCUT2D eigenvalue weighted by molar-refractivity contribution is 5.86. The Morgan fingerprint density at radius 1 is 1.16 bits per heavy atom. The SMILES string of the molecule is CCc1cccc2c(CCNC(=O)C3CCC(C(=O)O)CC3)c[nH]c12.